The highest BCUT2D eigenvalue weighted by Gasteiger charge is 2.02. The molecule has 0 bridgehead atoms. The maximum atomic E-state index is 5.13. The Kier molecular flexibility index (Phi) is 4.34. The molecule has 1 aromatic carbocycles. The van der Waals surface area contributed by atoms with Crippen molar-refractivity contribution in [2.45, 2.75) is 20.3 Å². The molecule has 0 aliphatic heterocycles. The molecule has 0 radical (unpaired) electrons. The summed E-state index contributed by atoms with van der Waals surface area (Å²) in [6.45, 7) is 4.83. The SMILES string of the molecule is COc1cc(NCCc2ccccc2C)nc(C)n1. The summed E-state index contributed by atoms with van der Waals surface area (Å²) in [5.74, 6) is 2.10. The van der Waals surface area contributed by atoms with E-state index in [0.717, 1.165) is 18.8 Å². The molecule has 0 aliphatic carbocycles. The van der Waals surface area contributed by atoms with Crippen LogP contribution in [-0.4, -0.2) is 23.6 Å². The van der Waals surface area contributed by atoms with Gasteiger partial charge in [-0.15, -0.1) is 0 Å². The molecule has 100 valence electrons. The number of ether oxygens (including phenoxy) is 1. The first-order chi connectivity index (χ1) is 9.19. The van der Waals surface area contributed by atoms with Gasteiger partial charge in [-0.05, 0) is 31.4 Å². The minimum atomic E-state index is 0.589. The fraction of sp³-hybridized carbons (Fsp3) is 0.333. The van der Waals surface area contributed by atoms with Gasteiger partial charge in [0.05, 0.1) is 7.11 Å². The van der Waals surface area contributed by atoms with E-state index in [1.54, 1.807) is 7.11 Å². The first-order valence-electron chi connectivity index (χ1n) is 6.37. The van der Waals surface area contributed by atoms with Crippen molar-refractivity contribution in [3.8, 4) is 5.88 Å². The predicted octanol–water partition coefficient (Wildman–Crippen LogP) is 2.76. The molecule has 1 heterocycles. The molecule has 1 aromatic heterocycles. The van der Waals surface area contributed by atoms with Crippen LogP contribution in [0.15, 0.2) is 30.3 Å². The van der Waals surface area contributed by atoms with Crippen molar-refractivity contribution in [3.05, 3.63) is 47.3 Å². The van der Waals surface area contributed by atoms with Crippen molar-refractivity contribution < 1.29 is 4.74 Å². The molecule has 0 atom stereocenters. The Bertz CT molecular complexity index is 555. The van der Waals surface area contributed by atoms with E-state index in [2.05, 4.69) is 46.5 Å². The Morgan fingerprint density at radius 3 is 2.68 bits per heavy atom. The zero-order valence-corrected chi connectivity index (χ0v) is 11.6. The minimum Gasteiger partial charge on any atom is -0.481 e. The van der Waals surface area contributed by atoms with Crippen LogP contribution in [-0.2, 0) is 6.42 Å². The quantitative estimate of drug-likeness (QED) is 0.894. The number of methoxy groups -OCH3 is 1. The van der Waals surface area contributed by atoms with E-state index in [1.165, 1.54) is 11.1 Å². The molecule has 2 rings (SSSR count). The van der Waals surface area contributed by atoms with Gasteiger partial charge in [-0.3, -0.25) is 0 Å². The Balaban J connectivity index is 1.96. The van der Waals surface area contributed by atoms with Crippen molar-refractivity contribution in [2.75, 3.05) is 19.0 Å². The summed E-state index contributed by atoms with van der Waals surface area (Å²) in [6, 6.07) is 10.2. The van der Waals surface area contributed by atoms with E-state index in [4.69, 9.17) is 4.74 Å². The zero-order chi connectivity index (χ0) is 13.7. The van der Waals surface area contributed by atoms with Crippen molar-refractivity contribution in [1.82, 2.24) is 9.97 Å². The van der Waals surface area contributed by atoms with Crippen molar-refractivity contribution in [3.63, 3.8) is 0 Å². The van der Waals surface area contributed by atoms with Crippen LogP contribution < -0.4 is 10.1 Å². The maximum absolute atomic E-state index is 5.13. The number of aryl methyl sites for hydroxylation is 2. The van der Waals surface area contributed by atoms with Crippen LogP contribution in [0.25, 0.3) is 0 Å². The van der Waals surface area contributed by atoms with Gasteiger partial charge >= 0.3 is 0 Å². The molecular formula is C15H19N3O. The molecule has 2 aromatic rings. The van der Waals surface area contributed by atoms with Crippen molar-refractivity contribution >= 4 is 5.82 Å². The summed E-state index contributed by atoms with van der Waals surface area (Å²) in [5, 5.41) is 3.30. The molecular weight excluding hydrogens is 238 g/mol. The number of aromatic nitrogens is 2. The lowest BCUT2D eigenvalue weighted by Gasteiger charge is -2.09. The second-order valence-electron chi connectivity index (χ2n) is 4.45. The van der Waals surface area contributed by atoms with Gasteiger partial charge in [0, 0.05) is 12.6 Å². The first kappa shape index (κ1) is 13.3. The molecule has 4 nitrogen and oxygen atoms in total. The van der Waals surface area contributed by atoms with Gasteiger partial charge in [0.1, 0.15) is 11.6 Å². The molecule has 1 N–H and O–H groups in total. The lowest BCUT2D eigenvalue weighted by molar-refractivity contribution is 0.396. The van der Waals surface area contributed by atoms with Crippen molar-refractivity contribution in [1.29, 1.82) is 0 Å². The van der Waals surface area contributed by atoms with Crippen molar-refractivity contribution in [2.24, 2.45) is 0 Å². The summed E-state index contributed by atoms with van der Waals surface area (Å²) in [5.41, 5.74) is 2.67. The first-order valence-corrected chi connectivity index (χ1v) is 6.37. The average molecular weight is 257 g/mol. The van der Waals surface area contributed by atoms with Crippen LogP contribution >= 0.6 is 0 Å². The van der Waals surface area contributed by atoms with Gasteiger partial charge in [0.2, 0.25) is 5.88 Å². The lowest BCUT2D eigenvalue weighted by Crippen LogP contribution is -2.08. The molecule has 0 spiro atoms. The molecule has 0 fully saturated rings. The summed E-state index contributed by atoms with van der Waals surface area (Å²) in [7, 11) is 1.61. The Hall–Kier alpha value is -2.10. The summed E-state index contributed by atoms with van der Waals surface area (Å²) in [4.78, 5) is 8.49. The standard InChI is InChI=1S/C15H19N3O/c1-11-6-4-5-7-13(11)8-9-16-14-10-15(19-3)18-12(2)17-14/h4-7,10H,8-9H2,1-3H3,(H,16,17,18). The predicted molar refractivity (Wildman–Crippen MR) is 76.7 cm³/mol. The van der Waals surface area contributed by atoms with E-state index in [0.29, 0.717) is 11.7 Å². The van der Waals surface area contributed by atoms with Crippen LogP contribution in [0.5, 0.6) is 5.88 Å². The lowest BCUT2D eigenvalue weighted by atomic mass is 10.1. The molecule has 0 aliphatic rings. The van der Waals surface area contributed by atoms with Crippen LogP contribution in [0, 0.1) is 13.8 Å². The number of benzene rings is 1. The third-order valence-electron chi connectivity index (χ3n) is 2.99. The zero-order valence-electron chi connectivity index (χ0n) is 11.6. The van der Waals surface area contributed by atoms with Gasteiger partial charge in [0.15, 0.2) is 0 Å². The fourth-order valence-corrected chi connectivity index (χ4v) is 1.95. The van der Waals surface area contributed by atoms with Crippen LogP contribution in [0.4, 0.5) is 5.82 Å². The third kappa shape index (κ3) is 3.68. The number of nitrogens with zero attached hydrogens (tertiary/aromatic N) is 2. The molecule has 0 amide bonds. The van der Waals surface area contributed by atoms with E-state index < -0.39 is 0 Å². The van der Waals surface area contributed by atoms with E-state index in [-0.39, 0.29) is 0 Å². The van der Waals surface area contributed by atoms with Gasteiger partial charge in [0.25, 0.3) is 0 Å². The smallest absolute Gasteiger partial charge is 0.218 e. The van der Waals surface area contributed by atoms with Crippen LogP contribution in [0.1, 0.15) is 17.0 Å². The molecule has 19 heavy (non-hydrogen) atoms. The summed E-state index contributed by atoms with van der Waals surface area (Å²) in [6.07, 6.45) is 0.970. The Morgan fingerprint density at radius 2 is 1.95 bits per heavy atom. The van der Waals surface area contributed by atoms with E-state index in [9.17, 15) is 0 Å². The third-order valence-corrected chi connectivity index (χ3v) is 2.99. The highest BCUT2D eigenvalue weighted by Crippen LogP contribution is 2.13. The molecule has 0 saturated heterocycles. The highest BCUT2D eigenvalue weighted by atomic mass is 16.5. The number of rotatable bonds is 5. The van der Waals surface area contributed by atoms with E-state index >= 15 is 0 Å². The number of hydrogen-bond donors (Lipinski definition) is 1. The van der Waals surface area contributed by atoms with Gasteiger partial charge in [-0.2, -0.15) is 4.98 Å². The topological polar surface area (TPSA) is 47.0 Å². The highest BCUT2D eigenvalue weighted by molar-refractivity contribution is 5.38. The second-order valence-corrected chi connectivity index (χ2v) is 4.45. The van der Waals surface area contributed by atoms with Gasteiger partial charge < -0.3 is 10.1 Å². The Morgan fingerprint density at radius 1 is 1.16 bits per heavy atom. The fourth-order valence-electron chi connectivity index (χ4n) is 1.95. The Labute approximate surface area is 113 Å². The molecule has 4 heteroatoms. The van der Waals surface area contributed by atoms with Gasteiger partial charge in [-0.25, -0.2) is 4.98 Å². The maximum Gasteiger partial charge on any atom is 0.218 e. The number of hydrogen-bond acceptors (Lipinski definition) is 4. The monoisotopic (exact) mass is 257 g/mol. The van der Waals surface area contributed by atoms with Gasteiger partial charge in [-0.1, -0.05) is 24.3 Å². The average Bonchev–Trinajstić information content (AvgIpc) is 2.40. The summed E-state index contributed by atoms with van der Waals surface area (Å²) < 4.78 is 5.13. The molecule has 0 unspecified atom stereocenters. The van der Waals surface area contributed by atoms with Crippen LogP contribution in [0.2, 0.25) is 0 Å². The minimum absolute atomic E-state index is 0.589. The normalized spacial score (nSPS) is 10.3. The molecule has 0 saturated carbocycles. The number of nitrogens with one attached hydrogen (secondary N) is 1. The summed E-state index contributed by atoms with van der Waals surface area (Å²) >= 11 is 0. The largest absolute Gasteiger partial charge is 0.481 e. The van der Waals surface area contributed by atoms with E-state index in [1.807, 2.05) is 13.0 Å². The van der Waals surface area contributed by atoms with Crippen LogP contribution in [0.3, 0.4) is 0 Å². The number of anilines is 1. The second kappa shape index (κ2) is 6.18.